The zero-order valence-electron chi connectivity index (χ0n) is 6.84. The van der Waals surface area contributed by atoms with E-state index in [0.29, 0.717) is 0 Å². The van der Waals surface area contributed by atoms with Crippen LogP contribution in [0.25, 0.3) is 0 Å². The van der Waals surface area contributed by atoms with Crippen molar-refractivity contribution in [3.63, 3.8) is 0 Å². The molecule has 2 nitrogen and oxygen atoms in total. The Morgan fingerprint density at radius 1 is 1.50 bits per heavy atom. The summed E-state index contributed by atoms with van der Waals surface area (Å²) in [6.45, 7) is 2.11. The van der Waals surface area contributed by atoms with Crippen molar-refractivity contribution in [3.05, 3.63) is 0 Å². The van der Waals surface area contributed by atoms with Gasteiger partial charge in [-0.05, 0) is 39.4 Å². The first kappa shape index (κ1) is 8.02. The maximum absolute atomic E-state index is 5.49. The lowest BCUT2D eigenvalue weighted by Crippen LogP contribution is -2.37. The molecule has 0 radical (unpaired) electrons. The standard InChI is InChI=1S/C8H18N2/c1-10-7-3-2-4-8(10)5-6-9/h8H,2-7,9H2,1H3/t8-/m0/s1. The largest absolute Gasteiger partial charge is 0.330 e. The lowest BCUT2D eigenvalue weighted by Gasteiger charge is -2.32. The molecule has 0 unspecified atom stereocenters. The molecule has 0 bridgehead atoms. The Kier molecular flexibility index (Phi) is 3.16. The summed E-state index contributed by atoms with van der Waals surface area (Å²) in [6, 6.07) is 0.777. The third-order valence-electron chi connectivity index (χ3n) is 2.42. The Balaban J connectivity index is 2.25. The van der Waals surface area contributed by atoms with E-state index in [1.54, 1.807) is 0 Å². The van der Waals surface area contributed by atoms with Crippen LogP contribution >= 0.6 is 0 Å². The Bertz CT molecular complexity index is 91.3. The van der Waals surface area contributed by atoms with E-state index < -0.39 is 0 Å². The normalized spacial score (nSPS) is 28.8. The maximum Gasteiger partial charge on any atom is 0.0104 e. The number of hydrogen-bond acceptors (Lipinski definition) is 2. The van der Waals surface area contributed by atoms with E-state index in [2.05, 4.69) is 11.9 Å². The van der Waals surface area contributed by atoms with Crippen LogP contribution < -0.4 is 5.73 Å². The highest BCUT2D eigenvalue weighted by molar-refractivity contribution is 4.73. The molecule has 1 fully saturated rings. The van der Waals surface area contributed by atoms with Crippen molar-refractivity contribution < 1.29 is 0 Å². The van der Waals surface area contributed by atoms with Gasteiger partial charge in [0.15, 0.2) is 0 Å². The summed E-state index contributed by atoms with van der Waals surface area (Å²) in [5.41, 5.74) is 5.49. The fraction of sp³-hybridized carbons (Fsp3) is 1.00. The molecule has 1 rings (SSSR count). The number of hydrogen-bond donors (Lipinski definition) is 1. The summed E-state index contributed by atoms with van der Waals surface area (Å²) >= 11 is 0. The van der Waals surface area contributed by atoms with Crippen molar-refractivity contribution in [2.24, 2.45) is 5.73 Å². The lowest BCUT2D eigenvalue weighted by atomic mass is 10.0. The second-order valence-corrected chi connectivity index (χ2v) is 3.21. The van der Waals surface area contributed by atoms with Crippen LogP contribution in [-0.4, -0.2) is 31.1 Å². The number of likely N-dealkylation sites (tertiary alicyclic amines) is 1. The third-order valence-corrected chi connectivity index (χ3v) is 2.42. The summed E-state index contributed by atoms with van der Waals surface area (Å²) in [6.07, 6.45) is 5.30. The molecule has 2 heteroatoms. The van der Waals surface area contributed by atoms with Gasteiger partial charge in [-0.25, -0.2) is 0 Å². The zero-order chi connectivity index (χ0) is 7.40. The van der Waals surface area contributed by atoms with E-state index in [0.717, 1.165) is 12.6 Å². The molecule has 2 N–H and O–H groups in total. The Hall–Kier alpha value is -0.0800. The Morgan fingerprint density at radius 2 is 2.30 bits per heavy atom. The second kappa shape index (κ2) is 3.94. The highest BCUT2D eigenvalue weighted by Crippen LogP contribution is 2.16. The number of nitrogens with two attached hydrogens (primary N) is 1. The second-order valence-electron chi connectivity index (χ2n) is 3.21. The van der Waals surface area contributed by atoms with Gasteiger partial charge in [-0.15, -0.1) is 0 Å². The third kappa shape index (κ3) is 1.96. The van der Waals surface area contributed by atoms with Crippen LogP contribution in [0, 0.1) is 0 Å². The molecule has 0 amide bonds. The molecule has 0 aromatic heterocycles. The molecule has 0 spiro atoms. The molecular weight excluding hydrogens is 124 g/mol. The van der Waals surface area contributed by atoms with Crippen molar-refractivity contribution >= 4 is 0 Å². The van der Waals surface area contributed by atoms with Crippen LogP contribution in [0.4, 0.5) is 0 Å². The summed E-state index contributed by atoms with van der Waals surface area (Å²) in [5, 5.41) is 0. The Morgan fingerprint density at radius 3 is 2.90 bits per heavy atom. The first-order valence-electron chi connectivity index (χ1n) is 4.25. The molecular formula is C8H18N2. The number of rotatable bonds is 2. The Labute approximate surface area is 63.4 Å². The number of nitrogens with zero attached hydrogens (tertiary/aromatic N) is 1. The van der Waals surface area contributed by atoms with E-state index in [9.17, 15) is 0 Å². The van der Waals surface area contributed by atoms with Gasteiger partial charge in [0.1, 0.15) is 0 Å². The molecule has 60 valence electrons. The highest BCUT2D eigenvalue weighted by Gasteiger charge is 2.16. The molecule has 10 heavy (non-hydrogen) atoms. The van der Waals surface area contributed by atoms with Gasteiger partial charge in [-0.1, -0.05) is 6.42 Å². The smallest absolute Gasteiger partial charge is 0.0104 e. The molecule has 0 saturated carbocycles. The van der Waals surface area contributed by atoms with Crippen molar-refractivity contribution in [2.45, 2.75) is 31.7 Å². The minimum atomic E-state index is 0.777. The molecule has 0 aromatic rings. The molecule has 1 aliphatic heterocycles. The van der Waals surface area contributed by atoms with Gasteiger partial charge in [0.05, 0.1) is 0 Å². The fourth-order valence-corrected chi connectivity index (χ4v) is 1.70. The average Bonchev–Trinajstić information content (AvgIpc) is 1.94. The van der Waals surface area contributed by atoms with Gasteiger partial charge in [0.2, 0.25) is 0 Å². The monoisotopic (exact) mass is 142 g/mol. The van der Waals surface area contributed by atoms with Crippen LogP contribution in [0.3, 0.4) is 0 Å². The van der Waals surface area contributed by atoms with Gasteiger partial charge >= 0.3 is 0 Å². The van der Waals surface area contributed by atoms with Crippen LogP contribution in [-0.2, 0) is 0 Å². The van der Waals surface area contributed by atoms with Gasteiger partial charge < -0.3 is 10.6 Å². The van der Waals surface area contributed by atoms with Gasteiger partial charge in [0, 0.05) is 6.04 Å². The summed E-state index contributed by atoms with van der Waals surface area (Å²) in [5.74, 6) is 0. The topological polar surface area (TPSA) is 29.3 Å². The molecule has 1 atom stereocenters. The minimum Gasteiger partial charge on any atom is -0.330 e. The molecule has 1 aliphatic rings. The summed E-state index contributed by atoms with van der Waals surface area (Å²) in [4.78, 5) is 2.44. The van der Waals surface area contributed by atoms with Crippen LogP contribution in [0.2, 0.25) is 0 Å². The quantitative estimate of drug-likeness (QED) is 0.618. The van der Waals surface area contributed by atoms with E-state index in [-0.39, 0.29) is 0 Å². The van der Waals surface area contributed by atoms with Crippen molar-refractivity contribution in [3.8, 4) is 0 Å². The zero-order valence-corrected chi connectivity index (χ0v) is 6.84. The van der Waals surface area contributed by atoms with E-state index in [4.69, 9.17) is 5.73 Å². The SMILES string of the molecule is CN1CCCC[C@H]1CCN. The predicted octanol–water partition coefficient (Wildman–Crippen LogP) is 0.820. The highest BCUT2D eigenvalue weighted by atomic mass is 15.1. The summed E-state index contributed by atoms with van der Waals surface area (Å²) < 4.78 is 0. The van der Waals surface area contributed by atoms with Crippen molar-refractivity contribution in [1.82, 2.24) is 4.90 Å². The first-order valence-corrected chi connectivity index (χ1v) is 4.25. The van der Waals surface area contributed by atoms with E-state index >= 15 is 0 Å². The average molecular weight is 142 g/mol. The maximum atomic E-state index is 5.49. The van der Waals surface area contributed by atoms with Crippen LogP contribution in [0.5, 0.6) is 0 Å². The minimum absolute atomic E-state index is 0.777. The fourth-order valence-electron chi connectivity index (χ4n) is 1.70. The van der Waals surface area contributed by atoms with Gasteiger partial charge in [-0.3, -0.25) is 0 Å². The van der Waals surface area contributed by atoms with Crippen LogP contribution in [0.1, 0.15) is 25.7 Å². The van der Waals surface area contributed by atoms with E-state index in [1.807, 2.05) is 0 Å². The van der Waals surface area contributed by atoms with Crippen molar-refractivity contribution in [1.29, 1.82) is 0 Å². The summed E-state index contributed by atoms with van der Waals surface area (Å²) in [7, 11) is 2.21. The molecule has 1 saturated heterocycles. The van der Waals surface area contributed by atoms with Crippen molar-refractivity contribution in [2.75, 3.05) is 20.1 Å². The van der Waals surface area contributed by atoms with Crippen LogP contribution in [0.15, 0.2) is 0 Å². The predicted molar refractivity (Wildman–Crippen MR) is 43.9 cm³/mol. The lowest BCUT2D eigenvalue weighted by molar-refractivity contribution is 0.178. The first-order chi connectivity index (χ1) is 4.84. The molecule has 1 heterocycles. The van der Waals surface area contributed by atoms with E-state index in [1.165, 1.54) is 32.2 Å². The number of piperidine rings is 1. The molecule has 0 aliphatic carbocycles. The van der Waals surface area contributed by atoms with Gasteiger partial charge in [-0.2, -0.15) is 0 Å². The van der Waals surface area contributed by atoms with Gasteiger partial charge in [0.25, 0.3) is 0 Å². The molecule has 0 aromatic carbocycles.